The van der Waals surface area contributed by atoms with Crippen molar-refractivity contribution in [1.82, 2.24) is 4.72 Å². The van der Waals surface area contributed by atoms with E-state index in [4.69, 9.17) is 0 Å². The Bertz CT molecular complexity index is 617. The van der Waals surface area contributed by atoms with Gasteiger partial charge in [-0.3, -0.25) is 0 Å². The van der Waals surface area contributed by atoms with E-state index in [1.807, 2.05) is 0 Å². The molecule has 0 spiro atoms. The van der Waals surface area contributed by atoms with Gasteiger partial charge in [0, 0.05) is 5.56 Å². The molecule has 1 aromatic carbocycles. The Kier molecular flexibility index (Phi) is 3.78. The van der Waals surface area contributed by atoms with E-state index in [1.54, 1.807) is 0 Å². The second-order valence-electron chi connectivity index (χ2n) is 6.19. The van der Waals surface area contributed by atoms with Crippen molar-refractivity contribution in [3.63, 3.8) is 0 Å². The average Bonchev–Trinajstić information content (AvgIpc) is 3.17. The number of sulfonamides is 1. The molecule has 21 heavy (non-hydrogen) atoms. The Balaban J connectivity index is 1.83. The van der Waals surface area contributed by atoms with E-state index in [0.29, 0.717) is 25.2 Å². The van der Waals surface area contributed by atoms with E-state index in [0.717, 1.165) is 19.3 Å². The number of halogens is 2. The van der Waals surface area contributed by atoms with Gasteiger partial charge in [-0.05, 0) is 43.7 Å². The minimum absolute atomic E-state index is 0.0372. The normalized spacial score (nSPS) is 21.0. The number of hydrogen-bond donors (Lipinski definition) is 1. The summed E-state index contributed by atoms with van der Waals surface area (Å²) in [4.78, 5) is 0. The summed E-state index contributed by atoms with van der Waals surface area (Å²) in [5, 5.41) is 0. The first kappa shape index (κ1) is 14.9. The molecule has 6 heteroatoms. The zero-order valence-corrected chi connectivity index (χ0v) is 12.6. The minimum atomic E-state index is -3.52. The van der Waals surface area contributed by atoms with Crippen LogP contribution in [0.3, 0.4) is 0 Å². The standard InChI is InChI=1S/C15H19F2NO2S/c16-12-3-1-4-13(17)14(12)15(8-2-9-15)18-21(19,20)10-7-11-5-6-11/h1,3-4,11,18H,2,5-10H2. The van der Waals surface area contributed by atoms with Crippen LogP contribution in [0, 0.1) is 17.6 Å². The summed E-state index contributed by atoms with van der Waals surface area (Å²) in [6.07, 6.45) is 4.44. The highest BCUT2D eigenvalue weighted by molar-refractivity contribution is 7.89. The first-order valence-electron chi connectivity index (χ1n) is 7.38. The first-order valence-corrected chi connectivity index (χ1v) is 9.03. The van der Waals surface area contributed by atoms with Crippen molar-refractivity contribution in [2.24, 2.45) is 5.92 Å². The van der Waals surface area contributed by atoms with Crippen LogP contribution in [0.4, 0.5) is 8.78 Å². The second-order valence-corrected chi connectivity index (χ2v) is 8.03. The van der Waals surface area contributed by atoms with Crippen LogP contribution in [0.25, 0.3) is 0 Å². The molecule has 0 amide bonds. The van der Waals surface area contributed by atoms with E-state index in [9.17, 15) is 17.2 Å². The van der Waals surface area contributed by atoms with Gasteiger partial charge in [0.25, 0.3) is 0 Å². The molecule has 1 aromatic rings. The van der Waals surface area contributed by atoms with Gasteiger partial charge in [0.15, 0.2) is 0 Å². The van der Waals surface area contributed by atoms with E-state index in [-0.39, 0.29) is 11.3 Å². The Morgan fingerprint density at radius 1 is 1.19 bits per heavy atom. The van der Waals surface area contributed by atoms with Crippen LogP contribution >= 0.6 is 0 Å². The Labute approximate surface area is 123 Å². The Hall–Kier alpha value is -1.01. The van der Waals surface area contributed by atoms with Crippen LogP contribution in [-0.2, 0) is 15.6 Å². The summed E-state index contributed by atoms with van der Waals surface area (Å²) in [5.74, 6) is -0.821. The van der Waals surface area contributed by atoms with E-state index >= 15 is 0 Å². The molecule has 2 saturated carbocycles. The number of hydrogen-bond acceptors (Lipinski definition) is 2. The van der Waals surface area contributed by atoms with Crippen LogP contribution in [-0.4, -0.2) is 14.2 Å². The monoisotopic (exact) mass is 315 g/mol. The number of benzene rings is 1. The molecule has 0 unspecified atom stereocenters. The van der Waals surface area contributed by atoms with Crippen molar-refractivity contribution in [3.8, 4) is 0 Å². The van der Waals surface area contributed by atoms with Gasteiger partial charge in [0.2, 0.25) is 10.0 Å². The third-order valence-corrected chi connectivity index (χ3v) is 5.97. The summed E-state index contributed by atoms with van der Waals surface area (Å²) in [6.45, 7) is 0. The summed E-state index contributed by atoms with van der Waals surface area (Å²) < 4.78 is 55.0. The molecular formula is C15H19F2NO2S. The molecule has 2 aliphatic carbocycles. The van der Waals surface area contributed by atoms with Gasteiger partial charge >= 0.3 is 0 Å². The molecule has 1 N–H and O–H groups in total. The quantitative estimate of drug-likeness (QED) is 0.877. The molecule has 0 saturated heterocycles. The van der Waals surface area contributed by atoms with Crippen molar-refractivity contribution in [3.05, 3.63) is 35.4 Å². The fourth-order valence-electron chi connectivity index (χ4n) is 2.97. The van der Waals surface area contributed by atoms with Crippen LogP contribution in [0.15, 0.2) is 18.2 Å². The third-order valence-electron chi connectivity index (χ3n) is 4.49. The van der Waals surface area contributed by atoms with Gasteiger partial charge in [-0.2, -0.15) is 0 Å². The molecule has 0 heterocycles. The fourth-order valence-corrected chi connectivity index (χ4v) is 4.61. The van der Waals surface area contributed by atoms with Crippen molar-refractivity contribution in [1.29, 1.82) is 0 Å². The molecule has 3 nitrogen and oxygen atoms in total. The molecule has 2 fully saturated rings. The largest absolute Gasteiger partial charge is 0.212 e. The van der Waals surface area contributed by atoms with Crippen molar-refractivity contribution in [2.75, 3.05) is 5.75 Å². The highest BCUT2D eigenvalue weighted by Crippen LogP contribution is 2.44. The number of nitrogens with one attached hydrogen (secondary N) is 1. The fraction of sp³-hybridized carbons (Fsp3) is 0.600. The van der Waals surface area contributed by atoms with Crippen molar-refractivity contribution >= 4 is 10.0 Å². The summed E-state index contributed by atoms with van der Waals surface area (Å²) in [6, 6.07) is 3.65. The second kappa shape index (κ2) is 5.32. The van der Waals surface area contributed by atoms with Gasteiger partial charge < -0.3 is 0 Å². The highest BCUT2D eigenvalue weighted by Gasteiger charge is 2.45. The lowest BCUT2D eigenvalue weighted by Gasteiger charge is -2.42. The summed E-state index contributed by atoms with van der Waals surface area (Å²) in [7, 11) is -3.52. The number of rotatable bonds is 6. The predicted molar refractivity (Wildman–Crippen MR) is 76.2 cm³/mol. The van der Waals surface area contributed by atoms with Gasteiger partial charge in [-0.1, -0.05) is 18.9 Å². The molecule has 0 bridgehead atoms. The van der Waals surface area contributed by atoms with Crippen LogP contribution in [0.1, 0.15) is 44.1 Å². The maximum atomic E-state index is 14.0. The molecule has 0 aliphatic heterocycles. The van der Waals surface area contributed by atoms with Gasteiger partial charge in [-0.15, -0.1) is 0 Å². The lowest BCUT2D eigenvalue weighted by atomic mass is 9.72. The molecule has 0 atom stereocenters. The molecule has 116 valence electrons. The van der Waals surface area contributed by atoms with E-state index in [1.165, 1.54) is 18.2 Å². The molecular weight excluding hydrogens is 296 g/mol. The smallest absolute Gasteiger partial charge is 0.212 e. The molecule has 2 aliphatic rings. The van der Waals surface area contributed by atoms with Crippen LogP contribution in [0.2, 0.25) is 0 Å². The molecule has 0 radical (unpaired) electrons. The van der Waals surface area contributed by atoms with E-state index < -0.39 is 27.2 Å². The van der Waals surface area contributed by atoms with E-state index in [2.05, 4.69) is 4.72 Å². The zero-order chi connectivity index (χ0) is 15.1. The minimum Gasteiger partial charge on any atom is -0.212 e. The third kappa shape index (κ3) is 3.11. The van der Waals surface area contributed by atoms with Crippen molar-refractivity contribution < 1.29 is 17.2 Å². The topological polar surface area (TPSA) is 46.2 Å². The van der Waals surface area contributed by atoms with Crippen LogP contribution in [0.5, 0.6) is 0 Å². The average molecular weight is 315 g/mol. The molecule has 3 rings (SSSR count). The zero-order valence-electron chi connectivity index (χ0n) is 11.7. The first-order chi connectivity index (χ1) is 9.92. The maximum absolute atomic E-state index is 14.0. The predicted octanol–water partition coefficient (Wildman–Crippen LogP) is 3.06. The summed E-state index contributed by atoms with van der Waals surface area (Å²) in [5.41, 5.74) is -1.23. The van der Waals surface area contributed by atoms with Gasteiger partial charge in [-0.25, -0.2) is 21.9 Å². The van der Waals surface area contributed by atoms with Crippen molar-refractivity contribution in [2.45, 2.75) is 44.1 Å². The highest BCUT2D eigenvalue weighted by atomic mass is 32.2. The Morgan fingerprint density at radius 2 is 1.81 bits per heavy atom. The van der Waals surface area contributed by atoms with Gasteiger partial charge in [0.1, 0.15) is 11.6 Å². The lowest BCUT2D eigenvalue weighted by molar-refractivity contribution is 0.209. The summed E-state index contributed by atoms with van der Waals surface area (Å²) >= 11 is 0. The molecule has 0 aromatic heterocycles. The SMILES string of the molecule is O=S(=O)(CCC1CC1)NC1(c2c(F)cccc2F)CCC1. The van der Waals surface area contributed by atoms with Crippen LogP contribution < -0.4 is 4.72 Å². The maximum Gasteiger partial charge on any atom is 0.212 e. The lowest BCUT2D eigenvalue weighted by Crippen LogP contribution is -2.52. The van der Waals surface area contributed by atoms with Gasteiger partial charge in [0.05, 0.1) is 11.3 Å². The Morgan fingerprint density at radius 3 is 2.29 bits per heavy atom.